The minimum absolute atomic E-state index is 0.0104. The van der Waals surface area contributed by atoms with Crippen LogP contribution in [0.15, 0.2) is 47.4 Å². The Balaban J connectivity index is 2.08. The summed E-state index contributed by atoms with van der Waals surface area (Å²) in [5, 5.41) is 2.63. The van der Waals surface area contributed by atoms with Crippen LogP contribution in [0, 0.1) is 6.92 Å². The van der Waals surface area contributed by atoms with E-state index < -0.39 is 28.0 Å². The number of carbonyl (C=O) groups excluding carboxylic acids is 2. The molecule has 0 saturated carbocycles. The molecule has 0 aliphatic carbocycles. The molecule has 1 amide bonds. The lowest BCUT2D eigenvalue weighted by Gasteiger charge is -2.17. The van der Waals surface area contributed by atoms with Crippen LogP contribution in [0.5, 0.6) is 5.75 Å². The average Bonchev–Trinajstić information content (AvgIpc) is 2.69. The SMILES string of the molecule is Cc1ccc(S(=O)(=O)N(C)C)cc1NC(=O)C(C)OC(=O)c1ccc(OC(C)C)cc1. The first-order valence-corrected chi connectivity index (χ1v) is 11.2. The Morgan fingerprint density at radius 1 is 1.00 bits per heavy atom. The Hall–Kier alpha value is -2.91. The number of benzene rings is 2. The van der Waals surface area contributed by atoms with Gasteiger partial charge in [0.25, 0.3) is 5.91 Å². The van der Waals surface area contributed by atoms with Gasteiger partial charge in [0, 0.05) is 19.8 Å². The average molecular weight is 449 g/mol. The van der Waals surface area contributed by atoms with Gasteiger partial charge >= 0.3 is 5.97 Å². The van der Waals surface area contributed by atoms with Gasteiger partial charge in [0.15, 0.2) is 6.10 Å². The predicted octanol–water partition coefficient (Wildman–Crippen LogP) is 3.22. The van der Waals surface area contributed by atoms with Crippen molar-refractivity contribution in [3.63, 3.8) is 0 Å². The van der Waals surface area contributed by atoms with Crippen LogP contribution in [-0.4, -0.2) is 50.9 Å². The molecule has 0 fully saturated rings. The van der Waals surface area contributed by atoms with Crippen molar-refractivity contribution in [1.29, 1.82) is 0 Å². The second-order valence-electron chi connectivity index (χ2n) is 7.49. The highest BCUT2D eigenvalue weighted by Gasteiger charge is 2.22. The number of aryl methyl sites for hydroxylation is 1. The zero-order valence-electron chi connectivity index (χ0n) is 18.5. The van der Waals surface area contributed by atoms with Crippen molar-refractivity contribution >= 4 is 27.6 Å². The monoisotopic (exact) mass is 448 g/mol. The number of nitrogens with zero attached hydrogens (tertiary/aromatic N) is 1. The van der Waals surface area contributed by atoms with E-state index in [4.69, 9.17) is 9.47 Å². The lowest BCUT2D eigenvalue weighted by molar-refractivity contribution is -0.123. The first-order valence-electron chi connectivity index (χ1n) is 9.73. The lowest BCUT2D eigenvalue weighted by Crippen LogP contribution is -2.30. The molecular formula is C22H28N2O6S. The normalized spacial score (nSPS) is 12.5. The molecule has 2 rings (SSSR count). The number of nitrogens with one attached hydrogen (secondary N) is 1. The summed E-state index contributed by atoms with van der Waals surface area (Å²) in [5.74, 6) is -0.601. The molecule has 0 aliphatic rings. The number of esters is 1. The highest BCUT2D eigenvalue weighted by molar-refractivity contribution is 7.89. The van der Waals surface area contributed by atoms with Gasteiger partial charge in [0.2, 0.25) is 10.0 Å². The summed E-state index contributed by atoms with van der Waals surface area (Å²) < 4.78 is 36.5. The number of ether oxygens (including phenoxy) is 2. The Morgan fingerprint density at radius 2 is 1.61 bits per heavy atom. The van der Waals surface area contributed by atoms with Crippen molar-refractivity contribution in [3.8, 4) is 5.75 Å². The molecule has 1 atom stereocenters. The van der Waals surface area contributed by atoms with Crippen molar-refractivity contribution in [2.75, 3.05) is 19.4 Å². The van der Waals surface area contributed by atoms with Crippen LogP contribution in [0.3, 0.4) is 0 Å². The second kappa shape index (κ2) is 9.93. The van der Waals surface area contributed by atoms with Gasteiger partial charge < -0.3 is 14.8 Å². The predicted molar refractivity (Wildman–Crippen MR) is 118 cm³/mol. The van der Waals surface area contributed by atoms with Crippen LogP contribution in [-0.2, 0) is 19.6 Å². The fourth-order valence-electron chi connectivity index (χ4n) is 2.57. The van der Waals surface area contributed by atoms with Gasteiger partial charge in [-0.1, -0.05) is 6.07 Å². The maximum Gasteiger partial charge on any atom is 0.338 e. The van der Waals surface area contributed by atoms with Crippen LogP contribution in [0.2, 0.25) is 0 Å². The van der Waals surface area contributed by atoms with E-state index in [-0.39, 0.29) is 16.6 Å². The largest absolute Gasteiger partial charge is 0.491 e. The maximum absolute atomic E-state index is 12.5. The number of hydrogen-bond donors (Lipinski definition) is 1. The summed E-state index contributed by atoms with van der Waals surface area (Å²) in [5.41, 5.74) is 1.28. The Bertz CT molecular complexity index is 1050. The van der Waals surface area contributed by atoms with Gasteiger partial charge in [-0.25, -0.2) is 17.5 Å². The van der Waals surface area contributed by atoms with Gasteiger partial charge in [-0.15, -0.1) is 0 Å². The standard InChI is InChI=1S/C22H28N2O6S/c1-14(2)29-18-10-8-17(9-11-18)22(26)30-16(4)21(25)23-20-13-19(12-7-15(20)3)31(27,28)24(5)6/h7-14,16H,1-6H3,(H,23,25). The first-order chi connectivity index (χ1) is 14.4. The molecule has 0 radical (unpaired) electrons. The topological polar surface area (TPSA) is 102 Å². The summed E-state index contributed by atoms with van der Waals surface area (Å²) in [6.07, 6.45) is -1.08. The molecule has 168 valence electrons. The van der Waals surface area contributed by atoms with Crippen molar-refractivity contribution in [2.24, 2.45) is 0 Å². The van der Waals surface area contributed by atoms with Crippen molar-refractivity contribution in [2.45, 2.75) is 44.8 Å². The van der Waals surface area contributed by atoms with E-state index >= 15 is 0 Å². The Labute approximate surface area is 183 Å². The third-order valence-electron chi connectivity index (χ3n) is 4.36. The highest BCUT2D eigenvalue weighted by Crippen LogP contribution is 2.22. The van der Waals surface area contributed by atoms with Gasteiger partial charge in [-0.2, -0.15) is 0 Å². The van der Waals surface area contributed by atoms with Crippen molar-refractivity contribution < 1.29 is 27.5 Å². The Kier molecular flexibility index (Phi) is 7.80. The van der Waals surface area contributed by atoms with E-state index in [9.17, 15) is 18.0 Å². The maximum atomic E-state index is 12.5. The van der Waals surface area contributed by atoms with Gasteiger partial charge in [0.05, 0.1) is 16.6 Å². The third kappa shape index (κ3) is 6.28. The minimum atomic E-state index is -3.65. The molecule has 2 aromatic rings. The van der Waals surface area contributed by atoms with E-state index in [0.29, 0.717) is 17.0 Å². The van der Waals surface area contributed by atoms with Crippen molar-refractivity contribution in [3.05, 3.63) is 53.6 Å². The summed E-state index contributed by atoms with van der Waals surface area (Å²) in [6.45, 7) is 6.98. The van der Waals surface area contributed by atoms with E-state index in [1.807, 2.05) is 13.8 Å². The molecule has 8 nitrogen and oxygen atoms in total. The van der Waals surface area contributed by atoms with E-state index in [1.54, 1.807) is 37.3 Å². The smallest absolute Gasteiger partial charge is 0.338 e. The van der Waals surface area contributed by atoms with E-state index in [2.05, 4.69) is 5.32 Å². The number of sulfonamides is 1. The molecule has 0 aromatic heterocycles. The molecule has 1 N–H and O–H groups in total. The number of rotatable bonds is 8. The molecule has 9 heteroatoms. The number of hydrogen-bond acceptors (Lipinski definition) is 6. The lowest BCUT2D eigenvalue weighted by atomic mass is 10.2. The van der Waals surface area contributed by atoms with Crippen LogP contribution in [0.25, 0.3) is 0 Å². The van der Waals surface area contributed by atoms with Crippen LogP contribution < -0.4 is 10.1 Å². The quantitative estimate of drug-likeness (QED) is 0.622. The molecule has 0 bridgehead atoms. The minimum Gasteiger partial charge on any atom is -0.491 e. The Morgan fingerprint density at radius 3 is 2.16 bits per heavy atom. The summed E-state index contributed by atoms with van der Waals surface area (Å²) in [4.78, 5) is 24.9. The summed E-state index contributed by atoms with van der Waals surface area (Å²) in [7, 11) is -0.798. The molecule has 0 saturated heterocycles. The van der Waals surface area contributed by atoms with Gasteiger partial charge in [-0.05, 0) is 69.7 Å². The summed E-state index contributed by atoms with van der Waals surface area (Å²) >= 11 is 0. The molecule has 0 heterocycles. The zero-order chi connectivity index (χ0) is 23.3. The van der Waals surface area contributed by atoms with E-state index in [0.717, 1.165) is 4.31 Å². The first kappa shape index (κ1) is 24.4. The number of anilines is 1. The van der Waals surface area contributed by atoms with Crippen molar-refractivity contribution in [1.82, 2.24) is 4.31 Å². The molecule has 1 unspecified atom stereocenters. The summed E-state index contributed by atoms with van der Waals surface area (Å²) in [6, 6.07) is 10.9. The van der Waals surface area contributed by atoms with Gasteiger partial charge in [0.1, 0.15) is 5.75 Å². The fourth-order valence-corrected chi connectivity index (χ4v) is 3.49. The molecule has 0 spiro atoms. The molecule has 0 aliphatic heterocycles. The molecular weight excluding hydrogens is 420 g/mol. The number of carbonyl (C=O) groups is 2. The van der Waals surface area contributed by atoms with Crippen LogP contribution in [0.1, 0.15) is 36.7 Å². The molecule has 2 aromatic carbocycles. The van der Waals surface area contributed by atoms with Crippen LogP contribution >= 0.6 is 0 Å². The zero-order valence-corrected chi connectivity index (χ0v) is 19.3. The fraction of sp³-hybridized carbons (Fsp3) is 0.364. The third-order valence-corrected chi connectivity index (χ3v) is 6.17. The molecule has 31 heavy (non-hydrogen) atoms. The van der Waals surface area contributed by atoms with Crippen LogP contribution in [0.4, 0.5) is 5.69 Å². The second-order valence-corrected chi connectivity index (χ2v) is 9.64. The van der Waals surface area contributed by atoms with Gasteiger partial charge in [-0.3, -0.25) is 4.79 Å². The number of amides is 1. The highest BCUT2D eigenvalue weighted by atomic mass is 32.2. The van der Waals surface area contributed by atoms with E-state index in [1.165, 1.54) is 33.2 Å².